The van der Waals surface area contributed by atoms with Gasteiger partial charge in [-0.1, -0.05) is 10.3 Å². The topological polar surface area (TPSA) is 117 Å². The molecule has 2 atom stereocenters. The fraction of sp³-hybridized carbons (Fsp3) is 0.333. The van der Waals surface area contributed by atoms with Gasteiger partial charge >= 0.3 is 0 Å². The third-order valence-electron chi connectivity index (χ3n) is 2.25. The molecule has 2 unspecified atom stereocenters. The Morgan fingerprint density at radius 2 is 1.40 bits per heavy atom. The van der Waals surface area contributed by atoms with Crippen LogP contribution in [-0.4, -0.2) is 36.8 Å². The molecule has 0 aliphatic carbocycles. The lowest BCUT2D eigenvalue weighted by Gasteiger charge is -2.04. The molecule has 0 aliphatic rings. The van der Waals surface area contributed by atoms with Gasteiger partial charge in [0.05, 0.1) is 36.0 Å². The Labute approximate surface area is 115 Å². The molecule has 102 valence electrons. The summed E-state index contributed by atoms with van der Waals surface area (Å²) in [6.45, 7) is 0. The van der Waals surface area contributed by atoms with Gasteiger partial charge in [-0.05, 0) is 12.1 Å². The van der Waals surface area contributed by atoms with Crippen molar-refractivity contribution in [1.82, 2.24) is 10.2 Å². The zero-order valence-electron chi connectivity index (χ0n) is 11.0. The van der Waals surface area contributed by atoms with Crippen LogP contribution in [-0.2, 0) is 9.68 Å². The van der Waals surface area contributed by atoms with Gasteiger partial charge in [-0.2, -0.15) is 20.7 Å². The summed E-state index contributed by atoms with van der Waals surface area (Å²) in [5, 5.41) is 32.9. The predicted octanol–water partition coefficient (Wildman–Crippen LogP) is 0.955. The Balaban J connectivity index is 2.93. The van der Waals surface area contributed by atoms with Crippen LogP contribution in [0.2, 0.25) is 0 Å². The summed E-state index contributed by atoms with van der Waals surface area (Å²) >= 11 is 0. The normalized spacial score (nSPS) is 13.6. The largest absolute Gasteiger partial charge is 0.399 e. The minimum Gasteiger partial charge on any atom is -0.399 e. The number of aromatic nitrogens is 2. The zero-order valence-corrected chi connectivity index (χ0v) is 11.0. The van der Waals surface area contributed by atoms with E-state index in [1.165, 1.54) is 26.6 Å². The maximum Gasteiger partial charge on any atom is 0.129 e. The van der Waals surface area contributed by atoms with Gasteiger partial charge in [0.25, 0.3) is 0 Å². The molecule has 1 heterocycles. The molecule has 0 N–H and O–H groups in total. The Bertz CT molecular complexity index is 504. The number of oxime groups is 2. The van der Waals surface area contributed by atoms with Gasteiger partial charge in [0.15, 0.2) is 0 Å². The first-order valence-electron chi connectivity index (χ1n) is 5.52. The molecule has 0 aliphatic heterocycles. The van der Waals surface area contributed by atoms with Crippen LogP contribution in [0.1, 0.15) is 23.2 Å². The lowest BCUT2D eigenvalue weighted by Crippen LogP contribution is -2.07. The number of hydrogen-bond donors (Lipinski definition) is 0. The van der Waals surface area contributed by atoms with E-state index in [0.29, 0.717) is 11.4 Å². The Kier molecular flexibility index (Phi) is 6.15. The first-order chi connectivity index (χ1) is 9.76. The third-order valence-corrected chi connectivity index (χ3v) is 2.25. The van der Waals surface area contributed by atoms with Crippen LogP contribution in [0, 0.1) is 22.7 Å². The summed E-state index contributed by atoms with van der Waals surface area (Å²) in [5.74, 6) is -1.32. The number of nitrogens with zero attached hydrogens (tertiary/aromatic N) is 6. The minimum absolute atomic E-state index is 0.414. The first-order valence-corrected chi connectivity index (χ1v) is 5.52. The standard InChI is InChI=1S/C12H12N6O2/c1-19-15-7-9(5-13)11-3-4-12(18-17-11)10(6-14)8-16-20-2/h3-4,7-10H,1-2H3/b15-7-,16-8-. The summed E-state index contributed by atoms with van der Waals surface area (Å²) < 4.78 is 0. The summed E-state index contributed by atoms with van der Waals surface area (Å²) in [6.07, 6.45) is 2.63. The highest BCUT2D eigenvalue weighted by Crippen LogP contribution is 2.13. The van der Waals surface area contributed by atoms with Gasteiger partial charge in [0, 0.05) is 0 Å². The summed E-state index contributed by atoms with van der Waals surface area (Å²) in [7, 11) is 2.76. The molecular formula is C12H12N6O2. The van der Waals surface area contributed by atoms with E-state index in [9.17, 15) is 0 Å². The van der Waals surface area contributed by atoms with Gasteiger partial charge in [0.1, 0.15) is 26.1 Å². The molecule has 1 aromatic rings. The summed E-state index contributed by atoms with van der Waals surface area (Å²) in [4.78, 5) is 9.03. The van der Waals surface area contributed by atoms with Gasteiger partial charge in [-0.25, -0.2) is 0 Å². The number of nitriles is 2. The van der Waals surface area contributed by atoms with Crippen LogP contribution in [0.3, 0.4) is 0 Å². The Hall–Kier alpha value is -3.00. The van der Waals surface area contributed by atoms with Crippen molar-refractivity contribution in [3.8, 4) is 12.1 Å². The van der Waals surface area contributed by atoms with Gasteiger partial charge in [0.2, 0.25) is 0 Å². The SMILES string of the molecule is CO/N=C\C(C#N)c1ccc(C(C#N)/C=N\OC)nn1. The Morgan fingerprint density at radius 3 is 1.65 bits per heavy atom. The maximum atomic E-state index is 8.99. The zero-order chi connectivity index (χ0) is 14.8. The van der Waals surface area contributed by atoms with E-state index in [1.807, 2.05) is 12.1 Å². The molecule has 0 fully saturated rings. The van der Waals surface area contributed by atoms with E-state index in [-0.39, 0.29) is 0 Å². The molecular weight excluding hydrogens is 260 g/mol. The van der Waals surface area contributed by atoms with Crippen LogP contribution < -0.4 is 0 Å². The van der Waals surface area contributed by atoms with Crippen LogP contribution in [0.4, 0.5) is 0 Å². The fourth-order valence-corrected chi connectivity index (χ4v) is 1.28. The number of rotatable bonds is 6. The van der Waals surface area contributed by atoms with E-state index in [4.69, 9.17) is 10.5 Å². The second kappa shape index (κ2) is 8.16. The van der Waals surface area contributed by atoms with Crippen molar-refractivity contribution in [3.63, 3.8) is 0 Å². The Morgan fingerprint density at radius 1 is 1.00 bits per heavy atom. The molecule has 8 heteroatoms. The quantitative estimate of drug-likeness (QED) is 0.562. The lowest BCUT2D eigenvalue weighted by atomic mass is 10.1. The fourth-order valence-electron chi connectivity index (χ4n) is 1.28. The molecule has 1 rings (SSSR count). The van der Waals surface area contributed by atoms with Crippen LogP contribution >= 0.6 is 0 Å². The van der Waals surface area contributed by atoms with Crippen LogP contribution in [0.25, 0.3) is 0 Å². The van der Waals surface area contributed by atoms with E-state index in [2.05, 4.69) is 30.2 Å². The monoisotopic (exact) mass is 272 g/mol. The molecule has 0 bridgehead atoms. The second-order valence-corrected chi connectivity index (χ2v) is 3.47. The summed E-state index contributed by atoms with van der Waals surface area (Å²) in [6, 6.07) is 7.21. The average molecular weight is 272 g/mol. The second-order valence-electron chi connectivity index (χ2n) is 3.47. The molecule has 1 aromatic heterocycles. The maximum absolute atomic E-state index is 8.99. The first kappa shape index (κ1) is 15.1. The molecule has 0 aromatic carbocycles. The van der Waals surface area contributed by atoms with Gasteiger partial charge < -0.3 is 9.68 Å². The molecule has 20 heavy (non-hydrogen) atoms. The van der Waals surface area contributed by atoms with Crippen molar-refractivity contribution < 1.29 is 9.68 Å². The average Bonchev–Trinajstić information content (AvgIpc) is 2.50. The van der Waals surface area contributed by atoms with E-state index < -0.39 is 11.8 Å². The number of hydrogen-bond acceptors (Lipinski definition) is 8. The predicted molar refractivity (Wildman–Crippen MR) is 69.7 cm³/mol. The molecule has 0 amide bonds. The molecule has 0 saturated heterocycles. The van der Waals surface area contributed by atoms with Gasteiger partial charge in [-0.3, -0.25) is 0 Å². The molecule has 0 spiro atoms. The minimum atomic E-state index is -0.662. The lowest BCUT2D eigenvalue weighted by molar-refractivity contribution is 0.214. The van der Waals surface area contributed by atoms with E-state index in [0.717, 1.165) is 0 Å². The molecule has 0 radical (unpaired) electrons. The van der Waals surface area contributed by atoms with Crippen molar-refractivity contribution in [1.29, 1.82) is 10.5 Å². The van der Waals surface area contributed by atoms with E-state index >= 15 is 0 Å². The van der Waals surface area contributed by atoms with Crippen molar-refractivity contribution in [3.05, 3.63) is 23.5 Å². The summed E-state index contributed by atoms with van der Waals surface area (Å²) in [5.41, 5.74) is 0.829. The smallest absolute Gasteiger partial charge is 0.129 e. The highest BCUT2D eigenvalue weighted by Gasteiger charge is 2.14. The van der Waals surface area contributed by atoms with Crippen LogP contribution in [0.15, 0.2) is 22.4 Å². The highest BCUT2D eigenvalue weighted by atomic mass is 16.6. The van der Waals surface area contributed by atoms with Crippen molar-refractivity contribution >= 4 is 12.4 Å². The van der Waals surface area contributed by atoms with Crippen molar-refractivity contribution in [2.75, 3.05) is 14.2 Å². The van der Waals surface area contributed by atoms with Crippen molar-refractivity contribution in [2.24, 2.45) is 10.3 Å². The van der Waals surface area contributed by atoms with Crippen LogP contribution in [0.5, 0.6) is 0 Å². The third kappa shape index (κ3) is 4.03. The van der Waals surface area contributed by atoms with Crippen molar-refractivity contribution in [2.45, 2.75) is 11.8 Å². The van der Waals surface area contributed by atoms with E-state index in [1.54, 1.807) is 12.1 Å². The highest BCUT2D eigenvalue weighted by molar-refractivity contribution is 5.71. The van der Waals surface area contributed by atoms with Gasteiger partial charge in [-0.15, -0.1) is 0 Å². The molecule has 0 saturated carbocycles. The molecule has 8 nitrogen and oxygen atoms in total.